The Labute approximate surface area is 265 Å². The van der Waals surface area contributed by atoms with Crippen LogP contribution in [0.4, 0.5) is 11.4 Å². The average Bonchev–Trinajstić information content (AvgIpc) is 3.47. The molecule has 3 atom stereocenters. The lowest BCUT2D eigenvalue weighted by Gasteiger charge is -2.30. The Balaban J connectivity index is 1.26. The molecule has 1 fully saturated rings. The second kappa shape index (κ2) is 11.3. The molecular formula is C33H24ClN3O5S2. The summed E-state index contributed by atoms with van der Waals surface area (Å²) < 4.78 is 6.75. The van der Waals surface area contributed by atoms with Gasteiger partial charge in [-0.3, -0.25) is 23.7 Å². The normalized spacial score (nSPS) is 19.1. The lowest BCUT2D eigenvalue weighted by atomic mass is 9.83. The molecular weight excluding hydrogens is 618 g/mol. The third-order valence-electron chi connectivity index (χ3n) is 7.94. The van der Waals surface area contributed by atoms with Crippen LogP contribution in [0.5, 0.6) is 5.75 Å². The molecule has 7 rings (SSSR count). The Morgan fingerprint density at radius 3 is 2.36 bits per heavy atom. The molecule has 0 unspecified atom stereocenters. The van der Waals surface area contributed by atoms with Gasteiger partial charge in [0.1, 0.15) is 17.5 Å². The predicted octanol–water partition coefficient (Wildman–Crippen LogP) is 6.16. The molecule has 1 aromatic heterocycles. The van der Waals surface area contributed by atoms with E-state index in [0.29, 0.717) is 32.1 Å². The van der Waals surface area contributed by atoms with Crippen LogP contribution in [0.2, 0.25) is 5.02 Å². The first kappa shape index (κ1) is 28.4. The number of nitrogens with zero attached hydrogens (tertiary/aromatic N) is 2. The number of anilines is 2. The van der Waals surface area contributed by atoms with Crippen LogP contribution in [-0.4, -0.2) is 34.6 Å². The minimum atomic E-state index is -0.790. The minimum Gasteiger partial charge on any atom is -0.497 e. The number of carbonyl (C=O) groups is 3. The number of hydrogen-bond donors (Lipinski definition) is 1. The fourth-order valence-corrected chi connectivity index (χ4v) is 8.78. The number of benzene rings is 4. The van der Waals surface area contributed by atoms with Crippen LogP contribution in [0, 0.1) is 5.92 Å². The number of amides is 3. The molecule has 0 radical (unpaired) electrons. The zero-order valence-corrected chi connectivity index (χ0v) is 25.6. The average molecular weight is 642 g/mol. The summed E-state index contributed by atoms with van der Waals surface area (Å²) in [5.41, 5.74) is 1.82. The van der Waals surface area contributed by atoms with E-state index in [4.69, 9.17) is 16.3 Å². The van der Waals surface area contributed by atoms with Gasteiger partial charge in [-0.05, 0) is 64.9 Å². The number of rotatable bonds is 6. The lowest BCUT2D eigenvalue weighted by Crippen LogP contribution is -2.33. The second-order valence-electron chi connectivity index (χ2n) is 10.5. The standard InChI is InChI=1S/C33H24ClN3O5S2/c1-42-24-14-7-19(8-15-24)26-27-28(31(40)37(30(27)39)23-12-9-21(34)10-13-23)43-32-29(26)44-33(41)36(32)17-25(38)35-22-11-6-18-4-2-3-5-20(18)16-22/h2-16,26-28H,17H2,1H3,(H,35,38)/t26-,27-,28+/m0/s1. The SMILES string of the molecule is COc1ccc([C@@H]2c3sc(=O)n(CC(=O)Nc4ccc5ccccc5c4)c3S[C@H]3C(=O)N(c4ccc(Cl)cc4)C(=O)[C@@H]23)cc1. The molecule has 8 nitrogen and oxygen atoms in total. The van der Waals surface area contributed by atoms with E-state index in [2.05, 4.69) is 5.32 Å². The van der Waals surface area contributed by atoms with E-state index in [9.17, 15) is 19.2 Å². The number of methoxy groups -OCH3 is 1. The van der Waals surface area contributed by atoms with E-state index < -0.39 is 17.1 Å². The number of halogens is 1. The largest absolute Gasteiger partial charge is 0.497 e. The number of carbonyl (C=O) groups excluding carboxylic acids is 3. The Bertz CT molecular complexity index is 2010. The molecule has 0 spiro atoms. The quantitative estimate of drug-likeness (QED) is 0.223. The van der Waals surface area contributed by atoms with E-state index in [0.717, 1.165) is 27.7 Å². The van der Waals surface area contributed by atoms with Crippen molar-refractivity contribution in [2.45, 2.75) is 22.7 Å². The van der Waals surface area contributed by atoms with Gasteiger partial charge >= 0.3 is 4.87 Å². The van der Waals surface area contributed by atoms with Crippen molar-refractivity contribution in [3.05, 3.63) is 116 Å². The zero-order chi connectivity index (χ0) is 30.5. The number of thiazole rings is 1. The van der Waals surface area contributed by atoms with E-state index in [1.165, 1.54) is 21.2 Å². The molecule has 3 amide bonds. The third-order valence-corrected chi connectivity index (χ3v) is 10.8. The van der Waals surface area contributed by atoms with E-state index in [-0.39, 0.29) is 29.1 Å². The van der Waals surface area contributed by atoms with Crippen LogP contribution in [0.25, 0.3) is 10.8 Å². The first-order valence-electron chi connectivity index (χ1n) is 13.8. The first-order chi connectivity index (χ1) is 21.3. The van der Waals surface area contributed by atoms with Crippen molar-refractivity contribution in [1.29, 1.82) is 0 Å². The lowest BCUT2D eigenvalue weighted by molar-refractivity contribution is -0.122. The van der Waals surface area contributed by atoms with Crippen molar-refractivity contribution >= 4 is 74.6 Å². The van der Waals surface area contributed by atoms with Gasteiger partial charge in [-0.2, -0.15) is 0 Å². The summed E-state index contributed by atoms with van der Waals surface area (Å²) in [4.78, 5) is 56.1. The number of ether oxygens (including phenoxy) is 1. The summed E-state index contributed by atoms with van der Waals surface area (Å²) >= 11 is 8.25. The molecule has 1 saturated heterocycles. The molecule has 2 aliphatic heterocycles. The van der Waals surface area contributed by atoms with Crippen LogP contribution in [0.15, 0.2) is 101 Å². The Morgan fingerprint density at radius 2 is 1.64 bits per heavy atom. The van der Waals surface area contributed by atoms with Crippen molar-refractivity contribution in [2.75, 3.05) is 17.3 Å². The molecule has 44 heavy (non-hydrogen) atoms. The van der Waals surface area contributed by atoms with Crippen LogP contribution >= 0.6 is 34.7 Å². The monoisotopic (exact) mass is 641 g/mol. The van der Waals surface area contributed by atoms with E-state index >= 15 is 0 Å². The smallest absolute Gasteiger partial charge is 0.308 e. The maximum absolute atomic E-state index is 14.0. The van der Waals surface area contributed by atoms with Crippen molar-refractivity contribution in [3.8, 4) is 5.75 Å². The molecule has 0 saturated carbocycles. The summed E-state index contributed by atoms with van der Waals surface area (Å²) in [7, 11) is 1.57. The molecule has 4 aromatic carbocycles. The Hall–Kier alpha value is -4.38. The topological polar surface area (TPSA) is 97.7 Å². The molecule has 0 aliphatic carbocycles. The van der Waals surface area contributed by atoms with Crippen molar-refractivity contribution < 1.29 is 19.1 Å². The van der Waals surface area contributed by atoms with Crippen molar-refractivity contribution in [3.63, 3.8) is 0 Å². The third kappa shape index (κ3) is 4.89. The maximum Gasteiger partial charge on any atom is 0.308 e. The molecule has 220 valence electrons. The summed E-state index contributed by atoms with van der Waals surface area (Å²) in [6.45, 7) is -0.236. The van der Waals surface area contributed by atoms with Gasteiger partial charge in [-0.15, -0.1) is 0 Å². The number of nitrogens with one attached hydrogen (secondary N) is 1. The zero-order valence-electron chi connectivity index (χ0n) is 23.2. The van der Waals surface area contributed by atoms with Crippen LogP contribution in [0.3, 0.4) is 0 Å². The number of thioether (sulfide) groups is 1. The minimum absolute atomic E-state index is 0.236. The number of aromatic nitrogens is 1. The Kier molecular flexibility index (Phi) is 7.28. The highest BCUT2D eigenvalue weighted by molar-refractivity contribution is 8.00. The summed E-state index contributed by atoms with van der Waals surface area (Å²) in [5, 5.41) is 5.15. The van der Waals surface area contributed by atoms with Crippen LogP contribution in [0.1, 0.15) is 16.4 Å². The van der Waals surface area contributed by atoms with Gasteiger partial charge in [-0.1, -0.05) is 77.2 Å². The predicted molar refractivity (Wildman–Crippen MR) is 173 cm³/mol. The fraction of sp³-hybridized carbons (Fsp3) is 0.152. The van der Waals surface area contributed by atoms with E-state index in [1.807, 2.05) is 54.6 Å². The highest BCUT2D eigenvalue weighted by Crippen LogP contribution is 2.54. The van der Waals surface area contributed by atoms with Gasteiger partial charge in [0.2, 0.25) is 17.7 Å². The van der Waals surface area contributed by atoms with Crippen LogP contribution in [-0.2, 0) is 20.9 Å². The van der Waals surface area contributed by atoms with Gasteiger partial charge in [0.05, 0.1) is 23.7 Å². The molecule has 11 heteroatoms. The molecule has 3 heterocycles. The number of fused-ring (bicyclic) bond motifs is 3. The summed E-state index contributed by atoms with van der Waals surface area (Å²) in [6, 6.07) is 27.3. The molecule has 5 aromatic rings. The number of hydrogen-bond acceptors (Lipinski definition) is 7. The molecule has 2 aliphatic rings. The Morgan fingerprint density at radius 1 is 0.909 bits per heavy atom. The molecule has 1 N–H and O–H groups in total. The number of imide groups is 1. The maximum atomic E-state index is 14.0. The van der Waals surface area contributed by atoms with Gasteiger partial charge in [0, 0.05) is 21.5 Å². The van der Waals surface area contributed by atoms with Crippen molar-refractivity contribution in [1.82, 2.24) is 4.57 Å². The van der Waals surface area contributed by atoms with E-state index in [1.54, 1.807) is 43.5 Å². The van der Waals surface area contributed by atoms with Gasteiger partial charge in [0.25, 0.3) is 0 Å². The fourth-order valence-electron chi connectivity index (χ4n) is 5.88. The first-order valence-corrected chi connectivity index (χ1v) is 15.9. The van der Waals surface area contributed by atoms with Gasteiger partial charge in [-0.25, -0.2) is 4.90 Å². The summed E-state index contributed by atoms with van der Waals surface area (Å²) in [5.74, 6) is -1.77. The van der Waals surface area contributed by atoms with Crippen LogP contribution < -0.4 is 19.8 Å². The highest BCUT2D eigenvalue weighted by Gasteiger charge is 2.56. The summed E-state index contributed by atoms with van der Waals surface area (Å²) in [6.07, 6.45) is 0. The highest BCUT2D eigenvalue weighted by atomic mass is 35.5. The second-order valence-corrected chi connectivity index (χ2v) is 13.1. The molecule has 0 bridgehead atoms. The van der Waals surface area contributed by atoms with Gasteiger partial charge in [0.15, 0.2) is 0 Å². The van der Waals surface area contributed by atoms with Crippen molar-refractivity contribution in [2.24, 2.45) is 5.92 Å². The van der Waals surface area contributed by atoms with Gasteiger partial charge < -0.3 is 10.1 Å².